The third kappa shape index (κ3) is 3.91. The molecule has 4 aromatic rings. The standard InChI is InChI=1S/C25H20FN3O4/c1-32-18-12-16(26)13-19(14-18)33-22-10-11-29(25(22)31)17-8-6-15(7-9-17)23-20-4-2-3-5-21(20)24(30)28-27-23/h2-9,12-14,22H,10-11H2,1H3,(H,28,30). The van der Waals surface area contributed by atoms with Gasteiger partial charge in [0.25, 0.3) is 11.5 Å². The van der Waals surface area contributed by atoms with E-state index in [1.807, 2.05) is 42.5 Å². The van der Waals surface area contributed by atoms with Crippen LogP contribution in [0.2, 0.25) is 0 Å². The summed E-state index contributed by atoms with van der Waals surface area (Å²) in [6.45, 7) is 0.481. The number of halogens is 1. The lowest BCUT2D eigenvalue weighted by atomic mass is 10.0. The lowest BCUT2D eigenvalue weighted by Gasteiger charge is -2.18. The predicted molar refractivity (Wildman–Crippen MR) is 122 cm³/mol. The van der Waals surface area contributed by atoms with Gasteiger partial charge < -0.3 is 14.4 Å². The normalized spacial score (nSPS) is 15.8. The number of carbonyl (C=O) groups excluding carboxylic acids is 1. The molecule has 2 heterocycles. The van der Waals surface area contributed by atoms with E-state index in [2.05, 4.69) is 10.2 Å². The number of aromatic amines is 1. The van der Waals surface area contributed by atoms with Crippen LogP contribution in [0.1, 0.15) is 6.42 Å². The Morgan fingerprint density at radius 2 is 1.73 bits per heavy atom. The zero-order valence-corrected chi connectivity index (χ0v) is 17.7. The molecule has 1 aliphatic heterocycles. The van der Waals surface area contributed by atoms with Crippen molar-refractivity contribution in [3.05, 3.63) is 82.9 Å². The topological polar surface area (TPSA) is 84.5 Å². The van der Waals surface area contributed by atoms with E-state index < -0.39 is 11.9 Å². The van der Waals surface area contributed by atoms with Crippen LogP contribution >= 0.6 is 0 Å². The summed E-state index contributed by atoms with van der Waals surface area (Å²) < 4.78 is 24.6. The Bertz CT molecular complexity index is 1400. The first kappa shape index (κ1) is 20.7. The predicted octanol–water partition coefficient (Wildman–Crippen LogP) is 3.92. The van der Waals surface area contributed by atoms with Crippen LogP contribution in [0.25, 0.3) is 22.0 Å². The van der Waals surface area contributed by atoms with Crippen molar-refractivity contribution in [2.75, 3.05) is 18.6 Å². The average molecular weight is 445 g/mol. The molecular formula is C25H20FN3O4. The molecule has 1 fully saturated rings. The summed E-state index contributed by atoms with van der Waals surface area (Å²) in [6, 6.07) is 18.7. The summed E-state index contributed by atoms with van der Waals surface area (Å²) in [6.07, 6.45) is -0.230. The lowest BCUT2D eigenvalue weighted by Crippen LogP contribution is -2.32. The fourth-order valence-corrected chi connectivity index (χ4v) is 4.04. The van der Waals surface area contributed by atoms with E-state index in [-0.39, 0.29) is 17.2 Å². The summed E-state index contributed by atoms with van der Waals surface area (Å²) in [5.41, 5.74) is 1.96. The number of carbonyl (C=O) groups is 1. The molecule has 0 spiro atoms. The number of hydrogen-bond acceptors (Lipinski definition) is 5. The monoisotopic (exact) mass is 445 g/mol. The molecule has 0 saturated carbocycles. The molecule has 8 heteroatoms. The number of methoxy groups -OCH3 is 1. The van der Waals surface area contributed by atoms with Crippen molar-refractivity contribution >= 4 is 22.4 Å². The molecular weight excluding hydrogens is 425 g/mol. The molecule has 7 nitrogen and oxygen atoms in total. The van der Waals surface area contributed by atoms with Crippen LogP contribution in [0.15, 0.2) is 71.5 Å². The number of hydrogen-bond donors (Lipinski definition) is 1. The number of amides is 1. The first-order valence-electron chi connectivity index (χ1n) is 10.4. The third-order valence-electron chi connectivity index (χ3n) is 5.66. The average Bonchev–Trinajstić information content (AvgIpc) is 3.19. The van der Waals surface area contributed by atoms with Crippen molar-refractivity contribution < 1.29 is 18.7 Å². The van der Waals surface area contributed by atoms with Crippen molar-refractivity contribution in [1.82, 2.24) is 10.2 Å². The minimum atomic E-state index is -0.707. The summed E-state index contributed by atoms with van der Waals surface area (Å²) in [4.78, 5) is 26.6. The minimum Gasteiger partial charge on any atom is -0.497 e. The second-order valence-corrected chi connectivity index (χ2v) is 7.71. The summed E-state index contributed by atoms with van der Waals surface area (Å²) in [7, 11) is 1.44. The SMILES string of the molecule is COc1cc(F)cc(OC2CCN(c3ccc(-c4n[nH]c(=O)c5ccccc45)cc3)C2=O)c1. The molecule has 3 aromatic carbocycles. The molecule has 1 saturated heterocycles. The number of rotatable bonds is 5. The van der Waals surface area contributed by atoms with Gasteiger partial charge in [-0.25, -0.2) is 9.49 Å². The van der Waals surface area contributed by atoms with E-state index in [0.717, 1.165) is 16.6 Å². The molecule has 0 aliphatic carbocycles. The molecule has 33 heavy (non-hydrogen) atoms. The zero-order valence-electron chi connectivity index (χ0n) is 17.7. The zero-order chi connectivity index (χ0) is 22.9. The Balaban J connectivity index is 1.36. The highest BCUT2D eigenvalue weighted by Crippen LogP contribution is 2.30. The number of nitrogens with zero attached hydrogens (tertiary/aromatic N) is 2. The van der Waals surface area contributed by atoms with Crippen molar-refractivity contribution in [3.63, 3.8) is 0 Å². The lowest BCUT2D eigenvalue weighted by molar-refractivity contribution is -0.122. The number of anilines is 1. The fourth-order valence-electron chi connectivity index (χ4n) is 4.04. The molecule has 1 aliphatic rings. The Labute approximate surface area is 188 Å². The quantitative estimate of drug-likeness (QED) is 0.503. The van der Waals surface area contributed by atoms with Gasteiger partial charge >= 0.3 is 0 Å². The highest BCUT2D eigenvalue weighted by atomic mass is 19.1. The van der Waals surface area contributed by atoms with Crippen molar-refractivity contribution in [2.45, 2.75) is 12.5 Å². The maximum Gasteiger partial charge on any atom is 0.272 e. The van der Waals surface area contributed by atoms with Crippen LogP contribution in [0, 0.1) is 5.82 Å². The van der Waals surface area contributed by atoms with Gasteiger partial charge in [-0.2, -0.15) is 5.10 Å². The first-order valence-corrected chi connectivity index (χ1v) is 10.4. The van der Waals surface area contributed by atoms with Crippen LogP contribution in [0.3, 0.4) is 0 Å². The smallest absolute Gasteiger partial charge is 0.272 e. The van der Waals surface area contributed by atoms with Crippen LogP contribution < -0.4 is 19.9 Å². The molecule has 1 N–H and O–H groups in total. The van der Waals surface area contributed by atoms with Gasteiger partial charge in [0.2, 0.25) is 0 Å². The number of H-pyrrole nitrogens is 1. The number of aromatic nitrogens is 2. The van der Waals surface area contributed by atoms with E-state index in [1.165, 1.54) is 19.2 Å². The van der Waals surface area contributed by atoms with Crippen molar-refractivity contribution in [1.29, 1.82) is 0 Å². The molecule has 5 rings (SSSR count). The number of nitrogens with one attached hydrogen (secondary N) is 1. The third-order valence-corrected chi connectivity index (χ3v) is 5.66. The highest BCUT2D eigenvalue weighted by molar-refractivity contribution is 5.99. The van der Waals surface area contributed by atoms with E-state index >= 15 is 0 Å². The van der Waals surface area contributed by atoms with E-state index in [1.54, 1.807) is 17.0 Å². The largest absolute Gasteiger partial charge is 0.497 e. The first-order chi connectivity index (χ1) is 16.0. The van der Waals surface area contributed by atoms with Crippen molar-refractivity contribution in [2.24, 2.45) is 0 Å². The molecule has 0 bridgehead atoms. The maximum absolute atomic E-state index is 13.7. The second kappa shape index (κ2) is 8.38. The van der Waals surface area contributed by atoms with Crippen molar-refractivity contribution in [3.8, 4) is 22.8 Å². The molecule has 1 unspecified atom stereocenters. The highest BCUT2D eigenvalue weighted by Gasteiger charge is 2.34. The van der Waals surface area contributed by atoms with E-state index in [4.69, 9.17) is 9.47 Å². The van der Waals surface area contributed by atoms with Gasteiger partial charge in [0.1, 0.15) is 17.3 Å². The van der Waals surface area contributed by atoms with Gasteiger partial charge in [0.15, 0.2) is 6.10 Å². The van der Waals surface area contributed by atoms with Gasteiger partial charge in [0, 0.05) is 47.8 Å². The fraction of sp³-hybridized carbons (Fsp3) is 0.160. The molecule has 0 radical (unpaired) electrons. The van der Waals surface area contributed by atoms with Gasteiger partial charge in [-0.1, -0.05) is 30.3 Å². The molecule has 166 valence electrons. The van der Waals surface area contributed by atoms with E-state index in [9.17, 15) is 14.0 Å². The van der Waals surface area contributed by atoms with Gasteiger partial charge in [-0.05, 0) is 18.2 Å². The Kier molecular flexibility index (Phi) is 5.26. The van der Waals surface area contributed by atoms with Crippen LogP contribution in [-0.2, 0) is 4.79 Å². The number of benzene rings is 3. The van der Waals surface area contributed by atoms with Crippen LogP contribution in [0.4, 0.5) is 10.1 Å². The number of ether oxygens (including phenoxy) is 2. The Morgan fingerprint density at radius 1 is 1.00 bits per heavy atom. The molecule has 1 amide bonds. The van der Waals surface area contributed by atoms with Gasteiger partial charge in [-0.3, -0.25) is 9.59 Å². The van der Waals surface area contributed by atoms with Gasteiger partial charge in [-0.15, -0.1) is 0 Å². The molecule has 1 atom stereocenters. The molecule has 1 aromatic heterocycles. The summed E-state index contributed by atoms with van der Waals surface area (Å²) in [5, 5.41) is 8.08. The van der Waals surface area contributed by atoms with E-state index in [0.29, 0.717) is 29.8 Å². The van der Waals surface area contributed by atoms with Crippen LogP contribution in [0.5, 0.6) is 11.5 Å². The Morgan fingerprint density at radius 3 is 2.48 bits per heavy atom. The van der Waals surface area contributed by atoms with Gasteiger partial charge in [0.05, 0.1) is 18.2 Å². The van der Waals surface area contributed by atoms with Crippen LogP contribution in [-0.4, -0.2) is 35.9 Å². The second-order valence-electron chi connectivity index (χ2n) is 7.71. The summed E-state index contributed by atoms with van der Waals surface area (Å²) >= 11 is 0. The summed E-state index contributed by atoms with van der Waals surface area (Å²) in [5.74, 6) is -0.117. The number of fused-ring (bicyclic) bond motifs is 1. The minimum absolute atomic E-state index is 0.196. The maximum atomic E-state index is 13.7. The Hall–Kier alpha value is -4.20.